The Labute approximate surface area is 132 Å². The van der Waals surface area contributed by atoms with Gasteiger partial charge in [-0.15, -0.1) is 0 Å². The van der Waals surface area contributed by atoms with Gasteiger partial charge in [-0.05, 0) is 71.0 Å². The van der Waals surface area contributed by atoms with E-state index in [4.69, 9.17) is 4.74 Å². The maximum Gasteiger partial charge on any atom is 0.0465 e. The van der Waals surface area contributed by atoms with Gasteiger partial charge in [0.25, 0.3) is 0 Å². The van der Waals surface area contributed by atoms with Gasteiger partial charge in [-0.1, -0.05) is 20.8 Å². The van der Waals surface area contributed by atoms with Crippen LogP contribution < -0.4 is 5.32 Å². The fraction of sp³-hybridized carbons (Fsp3) is 1.00. The van der Waals surface area contributed by atoms with E-state index < -0.39 is 0 Å². The number of nitrogens with zero attached hydrogens (tertiary/aromatic N) is 1. The largest absolute Gasteiger partial charge is 0.385 e. The van der Waals surface area contributed by atoms with E-state index in [9.17, 15) is 0 Å². The first-order valence-corrected chi connectivity index (χ1v) is 8.87. The minimum absolute atomic E-state index is 0.314. The van der Waals surface area contributed by atoms with E-state index in [1.165, 1.54) is 32.1 Å². The Kier molecular flexibility index (Phi) is 8.22. The van der Waals surface area contributed by atoms with Crippen molar-refractivity contribution in [2.45, 2.75) is 70.9 Å². The van der Waals surface area contributed by atoms with Gasteiger partial charge >= 0.3 is 0 Å². The average Bonchev–Trinajstić information content (AvgIpc) is 2.47. The van der Waals surface area contributed by atoms with E-state index in [2.05, 4.69) is 45.1 Å². The van der Waals surface area contributed by atoms with Crippen LogP contribution in [0.1, 0.15) is 59.3 Å². The molecule has 0 aliphatic heterocycles. The maximum atomic E-state index is 5.32. The quantitative estimate of drug-likeness (QED) is 0.704. The molecule has 1 fully saturated rings. The Morgan fingerprint density at radius 1 is 1.29 bits per heavy atom. The predicted molar refractivity (Wildman–Crippen MR) is 91.8 cm³/mol. The third-order valence-corrected chi connectivity index (χ3v) is 5.57. The van der Waals surface area contributed by atoms with Crippen LogP contribution in [0.15, 0.2) is 0 Å². The number of hydrogen-bond acceptors (Lipinski definition) is 3. The van der Waals surface area contributed by atoms with Crippen LogP contribution >= 0.6 is 0 Å². The second kappa shape index (κ2) is 9.12. The van der Waals surface area contributed by atoms with Gasteiger partial charge in [0.1, 0.15) is 0 Å². The Hall–Kier alpha value is -0.120. The van der Waals surface area contributed by atoms with Gasteiger partial charge in [0.05, 0.1) is 0 Å². The average molecular weight is 299 g/mol. The van der Waals surface area contributed by atoms with Gasteiger partial charge in [0, 0.05) is 25.3 Å². The zero-order chi connectivity index (χ0) is 15.9. The van der Waals surface area contributed by atoms with Gasteiger partial charge in [-0.2, -0.15) is 0 Å². The minimum atomic E-state index is 0.314. The van der Waals surface area contributed by atoms with E-state index in [1.54, 1.807) is 0 Å². The summed E-state index contributed by atoms with van der Waals surface area (Å²) in [7, 11) is 6.37. The topological polar surface area (TPSA) is 24.5 Å². The van der Waals surface area contributed by atoms with E-state index in [0.717, 1.165) is 25.5 Å². The molecular formula is C18H38N2O. The molecule has 1 aliphatic rings. The molecule has 2 atom stereocenters. The van der Waals surface area contributed by atoms with Crippen molar-refractivity contribution in [2.75, 3.05) is 34.4 Å². The first-order chi connectivity index (χ1) is 9.97. The molecule has 0 radical (unpaired) electrons. The summed E-state index contributed by atoms with van der Waals surface area (Å²) in [6, 6.07) is 0.565. The molecule has 0 aromatic heterocycles. The van der Waals surface area contributed by atoms with Gasteiger partial charge in [-0.25, -0.2) is 0 Å². The fourth-order valence-electron chi connectivity index (χ4n) is 3.99. The Morgan fingerprint density at radius 2 is 1.90 bits per heavy atom. The summed E-state index contributed by atoms with van der Waals surface area (Å²) in [4.78, 5) is 2.51. The smallest absolute Gasteiger partial charge is 0.0465 e. The molecule has 1 N–H and O–H groups in total. The number of rotatable bonds is 9. The number of methoxy groups -OCH3 is 1. The zero-order valence-corrected chi connectivity index (χ0v) is 15.2. The van der Waals surface area contributed by atoms with Crippen LogP contribution in [0.5, 0.6) is 0 Å². The summed E-state index contributed by atoms with van der Waals surface area (Å²) in [5, 5.41) is 3.89. The van der Waals surface area contributed by atoms with Crippen LogP contribution in [-0.2, 0) is 4.74 Å². The van der Waals surface area contributed by atoms with Gasteiger partial charge in [0.15, 0.2) is 0 Å². The molecule has 0 saturated heterocycles. The molecule has 3 nitrogen and oxygen atoms in total. The van der Waals surface area contributed by atoms with E-state index in [0.29, 0.717) is 17.5 Å². The van der Waals surface area contributed by atoms with Crippen LogP contribution in [0, 0.1) is 11.8 Å². The summed E-state index contributed by atoms with van der Waals surface area (Å²) < 4.78 is 5.32. The predicted octanol–water partition coefficient (Wildman–Crippen LogP) is 3.54. The zero-order valence-electron chi connectivity index (χ0n) is 15.2. The molecule has 0 bridgehead atoms. The molecule has 1 rings (SSSR count). The van der Waals surface area contributed by atoms with Crippen molar-refractivity contribution in [3.05, 3.63) is 0 Å². The third-order valence-electron chi connectivity index (χ3n) is 5.57. The van der Waals surface area contributed by atoms with Crippen LogP contribution in [0.4, 0.5) is 0 Å². The molecular weight excluding hydrogens is 260 g/mol. The molecule has 21 heavy (non-hydrogen) atoms. The first kappa shape index (κ1) is 18.9. The van der Waals surface area contributed by atoms with E-state index in [1.807, 2.05) is 7.11 Å². The summed E-state index contributed by atoms with van der Waals surface area (Å²) in [6.07, 6.45) is 7.70. The number of likely N-dealkylation sites (N-methyl/N-ethyl adjacent to an activating group) is 1. The molecule has 0 aromatic carbocycles. The SMILES string of the molecule is CCCNC(C(C)CCOC)C1(N(C)C)CCC(C)CC1. The number of ether oxygens (including phenoxy) is 1. The highest BCUT2D eigenvalue weighted by Gasteiger charge is 2.44. The highest BCUT2D eigenvalue weighted by atomic mass is 16.5. The summed E-state index contributed by atoms with van der Waals surface area (Å²) in [5.74, 6) is 1.53. The van der Waals surface area contributed by atoms with Crippen LogP contribution in [-0.4, -0.2) is 50.8 Å². The van der Waals surface area contributed by atoms with E-state index in [-0.39, 0.29) is 0 Å². The lowest BCUT2D eigenvalue weighted by Gasteiger charge is -2.52. The number of hydrogen-bond donors (Lipinski definition) is 1. The van der Waals surface area contributed by atoms with Crippen molar-refractivity contribution in [2.24, 2.45) is 11.8 Å². The number of nitrogens with one attached hydrogen (secondary N) is 1. The second-order valence-corrected chi connectivity index (χ2v) is 7.37. The lowest BCUT2D eigenvalue weighted by atomic mass is 9.68. The van der Waals surface area contributed by atoms with Crippen LogP contribution in [0.3, 0.4) is 0 Å². The lowest BCUT2D eigenvalue weighted by molar-refractivity contribution is 0.0180. The molecule has 0 heterocycles. The molecule has 126 valence electrons. The van der Waals surface area contributed by atoms with Crippen molar-refractivity contribution in [3.63, 3.8) is 0 Å². The van der Waals surface area contributed by atoms with Crippen LogP contribution in [0.25, 0.3) is 0 Å². The van der Waals surface area contributed by atoms with Gasteiger partial charge in [-0.3, -0.25) is 0 Å². The second-order valence-electron chi connectivity index (χ2n) is 7.37. The summed E-state index contributed by atoms with van der Waals surface area (Å²) >= 11 is 0. The summed E-state index contributed by atoms with van der Waals surface area (Å²) in [5.41, 5.74) is 0.314. The highest BCUT2D eigenvalue weighted by molar-refractivity contribution is 5.03. The summed E-state index contributed by atoms with van der Waals surface area (Å²) in [6.45, 7) is 9.05. The minimum Gasteiger partial charge on any atom is -0.385 e. The lowest BCUT2D eigenvalue weighted by Crippen LogP contribution is -2.63. The molecule has 1 saturated carbocycles. The maximum absolute atomic E-state index is 5.32. The molecule has 1 aliphatic carbocycles. The molecule has 3 heteroatoms. The Balaban J connectivity index is 2.89. The van der Waals surface area contributed by atoms with Crippen molar-refractivity contribution in [1.82, 2.24) is 10.2 Å². The van der Waals surface area contributed by atoms with Gasteiger partial charge < -0.3 is 15.0 Å². The van der Waals surface area contributed by atoms with Crippen molar-refractivity contribution >= 4 is 0 Å². The third kappa shape index (κ3) is 4.94. The Morgan fingerprint density at radius 3 is 2.38 bits per heavy atom. The first-order valence-electron chi connectivity index (χ1n) is 8.87. The van der Waals surface area contributed by atoms with Crippen LogP contribution in [0.2, 0.25) is 0 Å². The molecule has 2 unspecified atom stereocenters. The molecule has 0 aromatic rings. The van der Waals surface area contributed by atoms with E-state index >= 15 is 0 Å². The highest BCUT2D eigenvalue weighted by Crippen LogP contribution is 2.40. The van der Waals surface area contributed by atoms with Gasteiger partial charge in [0.2, 0.25) is 0 Å². The Bertz CT molecular complexity index is 272. The van der Waals surface area contributed by atoms with Crippen molar-refractivity contribution < 1.29 is 4.74 Å². The van der Waals surface area contributed by atoms with Crippen molar-refractivity contribution in [1.29, 1.82) is 0 Å². The molecule has 0 amide bonds. The fourth-order valence-corrected chi connectivity index (χ4v) is 3.99. The monoisotopic (exact) mass is 298 g/mol. The molecule has 0 spiro atoms. The standard InChI is InChI=1S/C18H38N2O/c1-7-13-19-17(16(3)10-14-21-6)18(20(4)5)11-8-15(2)9-12-18/h15-17,19H,7-14H2,1-6H3. The normalized spacial score (nSPS) is 29.6. The van der Waals surface area contributed by atoms with Crippen molar-refractivity contribution in [3.8, 4) is 0 Å².